The molecule has 1 aromatic heterocycles. The molecule has 0 saturated heterocycles. The molecule has 0 aliphatic carbocycles. The van der Waals surface area contributed by atoms with Gasteiger partial charge < -0.3 is 10.2 Å². The van der Waals surface area contributed by atoms with E-state index in [1.165, 1.54) is 35.7 Å². The number of hydrogen-bond donors (Lipinski definition) is 1. The summed E-state index contributed by atoms with van der Waals surface area (Å²) in [6.45, 7) is 4.43. The summed E-state index contributed by atoms with van der Waals surface area (Å²) in [5.41, 5.74) is 0.464. The molecule has 0 radical (unpaired) electrons. The number of rotatable bonds is 8. The highest BCUT2D eigenvalue weighted by molar-refractivity contribution is 5.99. The molecule has 37 heavy (non-hydrogen) atoms. The van der Waals surface area contributed by atoms with Gasteiger partial charge in [-0.1, -0.05) is 19.1 Å². The first-order chi connectivity index (χ1) is 17.7. The fourth-order valence-electron chi connectivity index (χ4n) is 3.87. The number of carbonyl (C=O) groups is 1. The van der Waals surface area contributed by atoms with Gasteiger partial charge in [0, 0.05) is 44.3 Å². The van der Waals surface area contributed by atoms with Gasteiger partial charge in [0.15, 0.2) is 5.82 Å². The molecule has 1 atom stereocenters. The highest BCUT2D eigenvalue weighted by Gasteiger charge is 2.29. The van der Waals surface area contributed by atoms with Crippen LogP contribution in [0.2, 0.25) is 0 Å². The molecule has 3 rings (SSSR count). The number of alkyl halides is 3. The monoisotopic (exact) mass is 521 g/mol. The third kappa shape index (κ3) is 8.50. The normalized spacial score (nSPS) is 24.4. The number of amidine groups is 1. The Kier molecular flexibility index (Phi) is 9.93. The van der Waals surface area contributed by atoms with Crippen molar-refractivity contribution in [1.29, 1.82) is 0 Å². The number of nitrogens with one attached hydrogen (secondary N) is 1. The van der Waals surface area contributed by atoms with E-state index in [1.807, 2.05) is 13.8 Å². The number of halogens is 4. The zero-order chi connectivity index (χ0) is 26.8. The van der Waals surface area contributed by atoms with Gasteiger partial charge in [0.25, 0.3) is 5.91 Å². The molecular formula is C25H31F4N7O. The summed E-state index contributed by atoms with van der Waals surface area (Å²) in [5.74, 6) is 0.0206. The van der Waals surface area contributed by atoms with Crippen LogP contribution in [-0.2, 0) is 4.79 Å². The lowest BCUT2D eigenvalue weighted by molar-refractivity contribution is -0.129. The van der Waals surface area contributed by atoms with Crippen molar-refractivity contribution in [2.75, 3.05) is 13.1 Å². The van der Waals surface area contributed by atoms with Crippen molar-refractivity contribution in [3.8, 4) is 0 Å². The first-order valence-corrected chi connectivity index (χ1v) is 12.1. The third-order valence-corrected chi connectivity index (χ3v) is 5.70. The first kappa shape index (κ1) is 28.0. The minimum atomic E-state index is -4.29. The smallest absolute Gasteiger partial charge is 0.350 e. The Bertz CT molecular complexity index is 1110. The van der Waals surface area contributed by atoms with Crippen molar-refractivity contribution in [3.05, 3.63) is 53.8 Å². The molecule has 3 heterocycles. The SMILES string of the molecule is CCCN(C(=O)/C1=C(\n2nccn2)N=CC/C(F)=C/C1)[C@@H](C)CN=C1C/C=C\C/C(CC(F)(F)F)=C\N1. The van der Waals surface area contributed by atoms with E-state index in [0.29, 0.717) is 25.2 Å². The molecule has 12 heteroatoms. The summed E-state index contributed by atoms with van der Waals surface area (Å²) in [5, 5.41) is 11.1. The highest BCUT2D eigenvalue weighted by atomic mass is 19.4. The van der Waals surface area contributed by atoms with Crippen molar-refractivity contribution in [1.82, 2.24) is 25.2 Å². The third-order valence-electron chi connectivity index (χ3n) is 5.70. The van der Waals surface area contributed by atoms with E-state index < -0.39 is 12.6 Å². The van der Waals surface area contributed by atoms with Crippen molar-refractivity contribution in [2.24, 2.45) is 9.98 Å². The van der Waals surface area contributed by atoms with E-state index >= 15 is 0 Å². The van der Waals surface area contributed by atoms with Gasteiger partial charge in [0.2, 0.25) is 0 Å². The summed E-state index contributed by atoms with van der Waals surface area (Å²) < 4.78 is 52.4. The number of nitrogens with zero attached hydrogens (tertiary/aromatic N) is 6. The maximum atomic E-state index is 14.0. The Hall–Kier alpha value is -3.57. The van der Waals surface area contributed by atoms with Crippen LogP contribution in [0.25, 0.3) is 5.82 Å². The van der Waals surface area contributed by atoms with Gasteiger partial charge in [-0.15, -0.1) is 4.80 Å². The molecule has 0 fully saturated rings. The van der Waals surface area contributed by atoms with Crippen molar-refractivity contribution in [2.45, 2.75) is 64.6 Å². The molecule has 1 N–H and O–H groups in total. The van der Waals surface area contributed by atoms with E-state index in [1.54, 1.807) is 17.1 Å². The standard InChI is InChI=1S/C25H31F4N7O/c1-3-14-35(18(2)16-31-22-7-5-4-6-19(17-32-22)15-25(27,28)29)24(37)21-9-8-20(26)10-11-30-23(21)36-33-12-13-34-36/h4-5,8,11-13,17-18H,3,6-7,9-10,14-16H2,1-2H3,(H,31,32)/b5-4-,19-17+,20-8-,23-21-,30-11?/t18-/m0/s1. The Labute approximate surface area is 213 Å². The number of amides is 1. The van der Waals surface area contributed by atoms with Crippen LogP contribution in [0.5, 0.6) is 0 Å². The van der Waals surface area contributed by atoms with E-state index in [2.05, 4.69) is 25.5 Å². The number of aromatic nitrogens is 3. The summed E-state index contributed by atoms with van der Waals surface area (Å²) in [6, 6.07) is -0.350. The Balaban J connectivity index is 1.82. The fraction of sp³-hybridized carbons (Fsp3) is 0.480. The zero-order valence-electron chi connectivity index (χ0n) is 20.9. The van der Waals surface area contributed by atoms with Gasteiger partial charge >= 0.3 is 6.18 Å². The van der Waals surface area contributed by atoms with E-state index in [0.717, 1.165) is 0 Å². The van der Waals surface area contributed by atoms with Crippen LogP contribution in [0, 0.1) is 0 Å². The molecule has 0 saturated carbocycles. The van der Waals surface area contributed by atoms with Gasteiger partial charge in [0.05, 0.1) is 30.9 Å². The van der Waals surface area contributed by atoms with E-state index in [9.17, 15) is 22.4 Å². The van der Waals surface area contributed by atoms with Crippen LogP contribution in [0.3, 0.4) is 0 Å². The van der Waals surface area contributed by atoms with Crippen LogP contribution in [0.1, 0.15) is 52.4 Å². The Morgan fingerprint density at radius 3 is 2.62 bits per heavy atom. The molecule has 0 unspecified atom stereocenters. The van der Waals surface area contributed by atoms with Gasteiger partial charge in [-0.3, -0.25) is 9.79 Å². The van der Waals surface area contributed by atoms with Crippen LogP contribution < -0.4 is 5.32 Å². The number of hydrogen-bond acceptors (Lipinski definition) is 5. The lowest BCUT2D eigenvalue weighted by Crippen LogP contribution is -2.42. The highest BCUT2D eigenvalue weighted by Crippen LogP contribution is 2.26. The maximum absolute atomic E-state index is 14.0. The van der Waals surface area contributed by atoms with Gasteiger partial charge in [-0.2, -0.15) is 23.4 Å². The van der Waals surface area contributed by atoms with Gasteiger partial charge in [-0.25, -0.2) is 9.38 Å². The second-order valence-corrected chi connectivity index (χ2v) is 8.75. The quantitative estimate of drug-likeness (QED) is 0.387. The average Bonchev–Trinajstić information content (AvgIpc) is 3.35. The van der Waals surface area contributed by atoms with Gasteiger partial charge in [-0.05, 0) is 31.4 Å². The van der Waals surface area contributed by atoms with E-state index in [-0.39, 0.29) is 60.6 Å². The molecular weight excluding hydrogens is 490 g/mol. The summed E-state index contributed by atoms with van der Waals surface area (Å²) in [6.07, 6.45) is 6.58. The van der Waals surface area contributed by atoms with Crippen molar-refractivity contribution >= 4 is 23.8 Å². The number of carbonyl (C=O) groups excluding carboxylic acids is 1. The second kappa shape index (κ2) is 13.1. The fourth-order valence-corrected chi connectivity index (χ4v) is 3.87. The van der Waals surface area contributed by atoms with Crippen molar-refractivity contribution in [3.63, 3.8) is 0 Å². The molecule has 2 aliphatic rings. The van der Waals surface area contributed by atoms with Crippen LogP contribution in [0.4, 0.5) is 17.6 Å². The largest absolute Gasteiger partial charge is 0.392 e. The van der Waals surface area contributed by atoms with E-state index in [4.69, 9.17) is 0 Å². The topological polar surface area (TPSA) is 87.8 Å². The maximum Gasteiger partial charge on any atom is 0.392 e. The summed E-state index contributed by atoms with van der Waals surface area (Å²) in [7, 11) is 0. The lowest BCUT2D eigenvalue weighted by Gasteiger charge is -2.29. The molecule has 2 aliphatic heterocycles. The molecule has 0 aromatic carbocycles. The van der Waals surface area contributed by atoms with Crippen LogP contribution in [-0.4, -0.2) is 63.2 Å². The molecule has 1 amide bonds. The first-order valence-electron chi connectivity index (χ1n) is 12.1. The molecule has 0 bridgehead atoms. The van der Waals surface area contributed by atoms with Gasteiger partial charge in [0.1, 0.15) is 11.7 Å². The number of allylic oxidation sites excluding steroid dienone is 4. The Morgan fingerprint density at radius 2 is 1.92 bits per heavy atom. The Morgan fingerprint density at radius 1 is 1.19 bits per heavy atom. The minimum absolute atomic E-state index is 0.0133. The molecule has 0 spiro atoms. The zero-order valence-corrected chi connectivity index (χ0v) is 20.9. The summed E-state index contributed by atoms with van der Waals surface area (Å²) in [4.78, 5) is 25.4. The van der Waals surface area contributed by atoms with Crippen LogP contribution in [0.15, 0.2) is 63.8 Å². The second-order valence-electron chi connectivity index (χ2n) is 8.75. The summed E-state index contributed by atoms with van der Waals surface area (Å²) >= 11 is 0. The number of aliphatic imine (C=N–C) groups is 2. The predicted molar refractivity (Wildman–Crippen MR) is 134 cm³/mol. The van der Waals surface area contributed by atoms with Crippen LogP contribution >= 0.6 is 0 Å². The lowest BCUT2D eigenvalue weighted by atomic mass is 10.1. The molecule has 8 nitrogen and oxygen atoms in total. The average molecular weight is 522 g/mol. The molecule has 200 valence electrons. The predicted octanol–water partition coefficient (Wildman–Crippen LogP) is 4.97. The van der Waals surface area contributed by atoms with Crippen molar-refractivity contribution < 1.29 is 22.4 Å². The minimum Gasteiger partial charge on any atom is -0.350 e. The molecule has 1 aromatic rings.